The predicted molar refractivity (Wildman–Crippen MR) is 138 cm³/mol. The summed E-state index contributed by atoms with van der Waals surface area (Å²) < 4.78 is 23.8. The summed E-state index contributed by atoms with van der Waals surface area (Å²) in [6.07, 6.45) is 1.38. The first-order valence-electron chi connectivity index (χ1n) is 11.5. The normalized spacial score (nSPS) is 17.0. The maximum Gasteiger partial charge on any atom is 0.236 e. The number of aryl methyl sites for hydroxylation is 1. The highest BCUT2D eigenvalue weighted by Crippen LogP contribution is 2.35. The molecule has 0 aliphatic carbocycles. The van der Waals surface area contributed by atoms with Gasteiger partial charge in [-0.05, 0) is 72.2 Å². The van der Waals surface area contributed by atoms with E-state index in [0.29, 0.717) is 43.3 Å². The van der Waals surface area contributed by atoms with Crippen molar-refractivity contribution in [3.05, 3.63) is 83.9 Å². The van der Waals surface area contributed by atoms with Crippen LogP contribution in [-0.4, -0.2) is 40.6 Å². The van der Waals surface area contributed by atoms with Crippen LogP contribution >= 0.6 is 0 Å². The van der Waals surface area contributed by atoms with Gasteiger partial charge in [-0.15, -0.1) is 0 Å². The van der Waals surface area contributed by atoms with Gasteiger partial charge in [-0.3, -0.25) is 9.00 Å². The van der Waals surface area contributed by atoms with Crippen molar-refractivity contribution in [2.45, 2.75) is 35.8 Å². The van der Waals surface area contributed by atoms with Crippen LogP contribution in [0.15, 0.2) is 77.7 Å². The van der Waals surface area contributed by atoms with Gasteiger partial charge in [-0.2, -0.15) is 0 Å². The van der Waals surface area contributed by atoms with Gasteiger partial charge >= 0.3 is 0 Å². The molecular weight excluding hydrogens is 446 g/mol. The van der Waals surface area contributed by atoms with Gasteiger partial charge in [0, 0.05) is 34.1 Å². The van der Waals surface area contributed by atoms with Crippen molar-refractivity contribution < 1.29 is 18.5 Å². The van der Waals surface area contributed by atoms with Crippen LogP contribution in [0, 0.1) is 6.92 Å². The van der Waals surface area contributed by atoms with Crippen molar-refractivity contribution in [3.8, 4) is 16.9 Å². The van der Waals surface area contributed by atoms with Crippen molar-refractivity contribution in [2.24, 2.45) is 5.73 Å². The van der Waals surface area contributed by atoms with E-state index in [-0.39, 0.29) is 0 Å². The van der Waals surface area contributed by atoms with Crippen molar-refractivity contribution in [3.63, 3.8) is 0 Å². The Bertz CT molecular complexity index is 1260. The van der Waals surface area contributed by atoms with Gasteiger partial charge in [0.05, 0.1) is 6.61 Å². The van der Waals surface area contributed by atoms with E-state index in [1.807, 2.05) is 6.07 Å². The number of hydrogen-bond acceptors (Lipinski definition) is 4. The van der Waals surface area contributed by atoms with Crippen LogP contribution in [-0.2, 0) is 25.5 Å². The molecule has 178 valence electrons. The average Bonchev–Trinajstić information content (AvgIpc) is 2.85. The lowest BCUT2D eigenvalue weighted by Crippen LogP contribution is -2.53. The smallest absolute Gasteiger partial charge is 0.236 e. The Morgan fingerprint density at radius 2 is 1.76 bits per heavy atom. The van der Waals surface area contributed by atoms with E-state index in [9.17, 15) is 9.00 Å². The lowest BCUT2D eigenvalue weighted by atomic mass is 9.98. The summed E-state index contributed by atoms with van der Waals surface area (Å²) in [6, 6.07) is 23.9. The molecule has 1 fully saturated rings. The lowest BCUT2D eigenvalue weighted by Gasteiger charge is -2.37. The maximum absolute atomic E-state index is 13.7. The number of benzene rings is 3. The zero-order chi connectivity index (χ0) is 24.2. The summed E-state index contributed by atoms with van der Waals surface area (Å²) >= 11 is 0. The third-order valence-corrected chi connectivity index (χ3v) is 9.53. The first-order chi connectivity index (χ1) is 16.3. The van der Waals surface area contributed by atoms with Gasteiger partial charge in [0.1, 0.15) is 10.5 Å². The molecule has 1 saturated heterocycles. The van der Waals surface area contributed by atoms with Crippen LogP contribution in [0.25, 0.3) is 11.1 Å². The van der Waals surface area contributed by atoms with Gasteiger partial charge in [0.15, 0.2) is 0 Å². The lowest BCUT2D eigenvalue weighted by molar-refractivity contribution is -0.122. The Morgan fingerprint density at radius 1 is 1.06 bits per heavy atom. The molecule has 1 heterocycles. The Kier molecular flexibility index (Phi) is 7.10. The maximum atomic E-state index is 13.7. The number of nitrogens with two attached hydrogens (primary N) is 1. The molecule has 3 aromatic carbocycles. The zero-order valence-electron chi connectivity index (χ0n) is 19.5. The minimum atomic E-state index is -2.95. The quantitative estimate of drug-likeness (QED) is 0.488. The van der Waals surface area contributed by atoms with Crippen molar-refractivity contribution in [1.82, 2.24) is 0 Å². The zero-order valence-corrected chi connectivity index (χ0v) is 20.3. The average molecular weight is 478 g/mol. The minimum absolute atomic E-state index is 0.310. The van der Waals surface area contributed by atoms with E-state index < -0.39 is 20.2 Å². The Morgan fingerprint density at radius 3 is 2.44 bits per heavy atom. The number of carbonyl (C=O) groups is 1. The largest absolute Gasteiger partial charge is 0.493 e. The molecule has 6 heteroatoms. The molecule has 0 aromatic heterocycles. The van der Waals surface area contributed by atoms with Gasteiger partial charge in [-0.25, -0.2) is 0 Å². The van der Waals surface area contributed by atoms with Gasteiger partial charge in [-0.1, -0.05) is 48.5 Å². The summed E-state index contributed by atoms with van der Waals surface area (Å²) in [5, 5.41) is 0. The molecule has 5 nitrogen and oxygen atoms in total. The SMILES string of the molecule is C=S(=O)(c1ccc(OCCc2cccc(-c3ccccc3C)c2)cc1)C1(C(N)=O)CCOCC1. The number of rotatable bonds is 8. The van der Waals surface area contributed by atoms with Crippen LogP contribution < -0.4 is 10.5 Å². The third-order valence-electron chi connectivity index (χ3n) is 6.63. The molecule has 0 bridgehead atoms. The second kappa shape index (κ2) is 10.0. The molecule has 4 rings (SSSR count). The summed E-state index contributed by atoms with van der Waals surface area (Å²) in [5.41, 5.74) is 10.6. The van der Waals surface area contributed by atoms with Gasteiger partial charge in [0.25, 0.3) is 0 Å². The molecule has 3 aromatic rings. The van der Waals surface area contributed by atoms with E-state index in [4.69, 9.17) is 15.2 Å². The van der Waals surface area contributed by atoms with Crippen LogP contribution in [0.5, 0.6) is 5.75 Å². The highest BCUT2D eigenvalue weighted by atomic mass is 32.2. The molecule has 1 aliphatic heterocycles. The molecular formula is C28H31NO4S. The monoisotopic (exact) mass is 477 g/mol. The van der Waals surface area contributed by atoms with Crippen LogP contribution in [0.3, 0.4) is 0 Å². The molecule has 0 saturated carbocycles. The van der Waals surface area contributed by atoms with Crippen LogP contribution in [0.1, 0.15) is 24.0 Å². The van der Waals surface area contributed by atoms with Crippen molar-refractivity contribution >= 4 is 21.3 Å². The molecule has 1 unspecified atom stereocenters. The molecule has 1 amide bonds. The van der Waals surface area contributed by atoms with Crippen LogP contribution in [0.4, 0.5) is 0 Å². The topological polar surface area (TPSA) is 78.6 Å². The summed E-state index contributed by atoms with van der Waals surface area (Å²) in [4.78, 5) is 12.8. The first-order valence-corrected chi connectivity index (χ1v) is 13.2. The number of carbonyl (C=O) groups excluding carboxylic acids is 1. The number of primary amides is 1. The second-order valence-corrected chi connectivity index (χ2v) is 11.3. The fourth-order valence-corrected chi connectivity index (χ4v) is 6.68. The van der Waals surface area contributed by atoms with E-state index >= 15 is 0 Å². The Hall–Kier alpha value is -3.09. The molecule has 1 atom stereocenters. The Balaban J connectivity index is 1.42. The Labute approximate surface area is 201 Å². The summed E-state index contributed by atoms with van der Waals surface area (Å²) in [7, 11) is -2.95. The van der Waals surface area contributed by atoms with Crippen molar-refractivity contribution in [1.29, 1.82) is 0 Å². The highest BCUT2D eigenvalue weighted by Gasteiger charge is 2.46. The van der Waals surface area contributed by atoms with E-state index in [2.05, 4.69) is 55.3 Å². The van der Waals surface area contributed by atoms with Crippen molar-refractivity contribution in [2.75, 3.05) is 19.8 Å². The number of ether oxygens (including phenoxy) is 2. The summed E-state index contributed by atoms with van der Waals surface area (Å²) in [6.45, 7) is 3.33. The van der Waals surface area contributed by atoms with Gasteiger partial charge in [0.2, 0.25) is 5.91 Å². The molecule has 1 aliphatic rings. The van der Waals surface area contributed by atoms with E-state index in [1.165, 1.54) is 22.3 Å². The summed E-state index contributed by atoms with van der Waals surface area (Å²) in [5.74, 6) is 4.05. The minimum Gasteiger partial charge on any atom is -0.493 e. The second-order valence-electron chi connectivity index (χ2n) is 8.73. The standard InChI is InChI=1S/C28H31NO4S/c1-21-6-3-4-9-26(21)23-8-5-7-22(20-23)14-17-33-24-10-12-25(13-11-24)34(2,31)28(27(29)30)15-18-32-19-16-28/h3-13,20H,2,14-19H2,1H3,(H2,29,30). The molecule has 2 N–H and O–H groups in total. The third kappa shape index (κ3) is 4.74. The highest BCUT2D eigenvalue weighted by molar-refractivity contribution is 8.02. The predicted octanol–water partition coefficient (Wildman–Crippen LogP) is 4.39. The van der Waals surface area contributed by atoms with E-state index in [1.54, 1.807) is 24.3 Å². The first kappa shape index (κ1) is 24.0. The number of amides is 1. The fraction of sp³-hybridized carbons (Fsp3) is 0.286. The fourth-order valence-electron chi connectivity index (χ4n) is 4.50. The van der Waals surface area contributed by atoms with Crippen LogP contribution in [0.2, 0.25) is 0 Å². The molecule has 34 heavy (non-hydrogen) atoms. The number of hydrogen-bond donors (Lipinski definition) is 1. The molecule has 0 radical (unpaired) electrons. The van der Waals surface area contributed by atoms with Gasteiger partial charge < -0.3 is 15.2 Å². The molecule has 0 spiro atoms. The van der Waals surface area contributed by atoms with E-state index in [0.717, 1.165) is 6.42 Å².